The first-order valence-electron chi connectivity index (χ1n) is 6.43. The van der Waals surface area contributed by atoms with Crippen LogP contribution in [0.25, 0.3) is 0 Å². The minimum atomic E-state index is -3.26. The number of rotatable bonds is 7. The van der Waals surface area contributed by atoms with Crippen LogP contribution in [0.4, 0.5) is 4.39 Å². The van der Waals surface area contributed by atoms with Gasteiger partial charge in [-0.25, -0.2) is 12.8 Å². The largest absolute Gasteiger partial charge is 0.327 e. The Morgan fingerprint density at radius 3 is 2.50 bits per heavy atom. The quantitative estimate of drug-likeness (QED) is 0.785. The maximum Gasteiger partial charge on any atom is 0.180 e. The minimum absolute atomic E-state index is 0.179. The van der Waals surface area contributed by atoms with Crippen molar-refractivity contribution in [2.45, 2.75) is 35.3 Å². The van der Waals surface area contributed by atoms with Gasteiger partial charge in [-0.2, -0.15) is 0 Å². The summed E-state index contributed by atoms with van der Waals surface area (Å²) in [4.78, 5) is 1.14. The van der Waals surface area contributed by atoms with Gasteiger partial charge in [0, 0.05) is 17.2 Å². The molecule has 1 aromatic rings. The van der Waals surface area contributed by atoms with E-state index in [4.69, 9.17) is 5.73 Å². The third-order valence-corrected chi connectivity index (χ3v) is 6.32. The summed E-state index contributed by atoms with van der Waals surface area (Å²) in [6, 6.07) is 6.56. The van der Waals surface area contributed by atoms with Crippen LogP contribution in [0.2, 0.25) is 0 Å². The molecule has 0 aliphatic heterocycles. The predicted octanol–water partition coefficient (Wildman–Crippen LogP) is 3.16. The van der Waals surface area contributed by atoms with Crippen molar-refractivity contribution in [1.82, 2.24) is 0 Å². The highest BCUT2D eigenvalue weighted by atomic mass is 32.2. The summed E-state index contributed by atoms with van der Waals surface area (Å²) >= 11 is 1.31. The van der Waals surface area contributed by atoms with Crippen LogP contribution in [-0.4, -0.2) is 26.0 Å². The van der Waals surface area contributed by atoms with E-state index in [0.29, 0.717) is 11.3 Å². The van der Waals surface area contributed by atoms with E-state index in [1.165, 1.54) is 17.8 Å². The number of nitrogens with two attached hydrogens (primary N) is 1. The predicted molar refractivity (Wildman–Crippen MR) is 82.4 cm³/mol. The van der Waals surface area contributed by atoms with Gasteiger partial charge in [0.2, 0.25) is 0 Å². The molecule has 0 saturated carbocycles. The Balaban J connectivity index is 2.77. The standard InChI is InChI=1S/C14H20FNO2S2/c1-3-11(2)20(17,18)14-6-4-13(5-7-14)19-10-12(15)8-9-16/h4-8,11H,3,9-10,16H2,1-2H3/b12-8+. The summed E-state index contributed by atoms with van der Waals surface area (Å²) in [5.74, 6) is -0.0666. The molecular weight excluding hydrogens is 297 g/mol. The van der Waals surface area contributed by atoms with E-state index in [1.54, 1.807) is 31.2 Å². The van der Waals surface area contributed by atoms with E-state index in [0.717, 1.165) is 4.90 Å². The van der Waals surface area contributed by atoms with Crippen molar-refractivity contribution in [2.24, 2.45) is 5.73 Å². The Morgan fingerprint density at radius 1 is 1.40 bits per heavy atom. The molecule has 0 aromatic heterocycles. The van der Waals surface area contributed by atoms with Gasteiger partial charge >= 0.3 is 0 Å². The Morgan fingerprint density at radius 2 is 2.00 bits per heavy atom. The minimum Gasteiger partial charge on any atom is -0.327 e. The fourth-order valence-electron chi connectivity index (χ4n) is 1.52. The van der Waals surface area contributed by atoms with Crippen molar-refractivity contribution >= 4 is 21.6 Å². The van der Waals surface area contributed by atoms with E-state index in [-0.39, 0.29) is 18.1 Å². The van der Waals surface area contributed by atoms with Gasteiger partial charge in [-0.3, -0.25) is 0 Å². The average molecular weight is 317 g/mol. The van der Waals surface area contributed by atoms with Gasteiger partial charge < -0.3 is 5.73 Å². The van der Waals surface area contributed by atoms with Gasteiger partial charge in [0.1, 0.15) is 5.83 Å². The zero-order valence-electron chi connectivity index (χ0n) is 11.7. The van der Waals surface area contributed by atoms with Gasteiger partial charge in [0.25, 0.3) is 0 Å². The van der Waals surface area contributed by atoms with Crippen LogP contribution in [0.1, 0.15) is 20.3 Å². The summed E-state index contributed by atoms with van der Waals surface area (Å²) in [6.45, 7) is 3.72. The highest BCUT2D eigenvalue weighted by Crippen LogP contribution is 2.24. The maximum absolute atomic E-state index is 13.2. The molecule has 1 rings (SSSR count). The normalized spacial score (nSPS) is 14.3. The number of benzene rings is 1. The third kappa shape index (κ3) is 4.61. The highest BCUT2D eigenvalue weighted by molar-refractivity contribution is 7.99. The Hall–Kier alpha value is -0.850. The molecule has 6 heteroatoms. The summed E-state index contributed by atoms with van der Waals surface area (Å²) < 4.78 is 37.4. The molecule has 0 aliphatic rings. The van der Waals surface area contributed by atoms with Crippen molar-refractivity contribution < 1.29 is 12.8 Å². The molecule has 1 aromatic carbocycles. The number of hydrogen-bond donors (Lipinski definition) is 1. The molecule has 0 radical (unpaired) electrons. The van der Waals surface area contributed by atoms with Crippen LogP contribution in [-0.2, 0) is 9.84 Å². The van der Waals surface area contributed by atoms with Crippen LogP contribution < -0.4 is 5.73 Å². The molecule has 112 valence electrons. The lowest BCUT2D eigenvalue weighted by molar-refractivity contribution is 0.581. The monoisotopic (exact) mass is 317 g/mol. The molecule has 2 N–H and O–H groups in total. The molecule has 3 nitrogen and oxygen atoms in total. The first kappa shape index (κ1) is 17.2. The summed E-state index contributed by atoms with van der Waals surface area (Å²) in [7, 11) is -3.26. The molecule has 0 fully saturated rings. The number of halogens is 1. The zero-order valence-corrected chi connectivity index (χ0v) is 13.3. The van der Waals surface area contributed by atoms with Crippen LogP contribution in [0.15, 0.2) is 46.0 Å². The fourth-order valence-corrected chi connectivity index (χ4v) is 3.69. The first-order chi connectivity index (χ1) is 9.41. The van der Waals surface area contributed by atoms with Crippen LogP contribution in [0, 0.1) is 0 Å². The van der Waals surface area contributed by atoms with E-state index in [1.807, 2.05) is 6.92 Å². The van der Waals surface area contributed by atoms with Crippen molar-refractivity contribution in [3.63, 3.8) is 0 Å². The van der Waals surface area contributed by atoms with E-state index < -0.39 is 15.1 Å². The molecule has 20 heavy (non-hydrogen) atoms. The van der Waals surface area contributed by atoms with Gasteiger partial charge in [-0.1, -0.05) is 6.92 Å². The lowest BCUT2D eigenvalue weighted by Gasteiger charge is -2.11. The van der Waals surface area contributed by atoms with Crippen molar-refractivity contribution in [3.8, 4) is 0 Å². The van der Waals surface area contributed by atoms with Gasteiger partial charge in [0.15, 0.2) is 9.84 Å². The lowest BCUT2D eigenvalue weighted by Crippen LogP contribution is -2.16. The average Bonchev–Trinajstić information content (AvgIpc) is 2.45. The Kier molecular flexibility index (Phi) is 6.71. The third-order valence-electron chi connectivity index (χ3n) is 2.97. The number of hydrogen-bond acceptors (Lipinski definition) is 4. The maximum atomic E-state index is 13.2. The molecular formula is C14H20FNO2S2. The second-order valence-corrected chi connectivity index (χ2v) is 7.83. The van der Waals surface area contributed by atoms with Gasteiger partial charge in [0.05, 0.1) is 10.1 Å². The molecule has 0 amide bonds. The van der Waals surface area contributed by atoms with Crippen molar-refractivity contribution in [2.75, 3.05) is 12.3 Å². The number of thioether (sulfide) groups is 1. The van der Waals surface area contributed by atoms with Crippen LogP contribution in [0.5, 0.6) is 0 Å². The van der Waals surface area contributed by atoms with Crippen molar-refractivity contribution in [1.29, 1.82) is 0 Å². The SMILES string of the molecule is CCC(C)S(=O)(=O)c1ccc(SC/C(F)=C\CN)cc1. The van der Waals surface area contributed by atoms with Gasteiger partial charge in [-0.15, -0.1) is 11.8 Å². The van der Waals surface area contributed by atoms with Crippen molar-refractivity contribution in [3.05, 3.63) is 36.2 Å². The van der Waals surface area contributed by atoms with Gasteiger partial charge in [-0.05, 0) is 43.7 Å². The molecule has 1 atom stereocenters. The smallest absolute Gasteiger partial charge is 0.180 e. The van der Waals surface area contributed by atoms with E-state index >= 15 is 0 Å². The fraction of sp³-hybridized carbons (Fsp3) is 0.429. The second kappa shape index (κ2) is 7.81. The highest BCUT2D eigenvalue weighted by Gasteiger charge is 2.21. The topological polar surface area (TPSA) is 60.2 Å². The molecule has 0 spiro atoms. The summed E-state index contributed by atoms with van der Waals surface area (Å²) in [5, 5.41) is -0.397. The van der Waals surface area contributed by atoms with Crippen LogP contribution >= 0.6 is 11.8 Å². The number of sulfone groups is 1. The lowest BCUT2D eigenvalue weighted by atomic mass is 10.4. The molecule has 0 aliphatic carbocycles. The molecule has 0 bridgehead atoms. The summed E-state index contributed by atoms with van der Waals surface area (Å²) in [5.41, 5.74) is 5.22. The summed E-state index contributed by atoms with van der Waals surface area (Å²) in [6.07, 6.45) is 1.91. The van der Waals surface area contributed by atoms with Crippen LogP contribution in [0.3, 0.4) is 0 Å². The molecule has 1 unspecified atom stereocenters. The second-order valence-electron chi connectivity index (χ2n) is 4.41. The first-order valence-corrected chi connectivity index (χ1v) is 8.96. The molecule has 0 heterocycles. The van der Waals surface area contributed by atoms with E-state index in [2.05, 4.69) is 0 Å². The zero-order chi connectivity index (χ0) is 15.2. The van der Waals surface area contributed by atoms with E-state index in [9.17, 15) is 12.8 Å². The molecule has 0 saturated heterocycles. The Labute approximate surface area is 124 Å². The Bertz CT molecular complexity index is 553.